The zero-order chi connectivity index (χ0) is 20.8. The molecule has 2 aromatic rings. The maximum atomic E-state index is 12.2. The Morgan fingerprint density at radius 1 is 1.38 bits per heavy atom. The highest BCUT2D eigenvalue weighted by Gasteiger charge is 2.26. The topological polar surface area (TPSA) is 94.6 Å². The number of aliphatic hydroxyl groups is 1. The molecule has 152 valence electrons. The van der Waals surface area contributed by atoms with E-state index in [1.165, 1.54) is 11.3 Å². The van der Waals surface area contributed by atoms with Crippen molar-refractivity contribution in [3.8, 4) is 12.3 Å². The number of amides is 3. The molecule has 1 fully saturated rings. The van der Waals surface area contributed by atoms with E-state index in [0.29, 0.717) is 10.8 Å². The molecule has 3 N–H and O–H groups in total. The van der Waals surface area contributed by atoms with Crippen molar-refractivity contribution in [1.82, 2.24) is 15.2 Å². The maximum Gasteiger partial charge on any atom is 0.320 e. The highest BCUT2D eigenvalue weighted by atomic mass is 32.1. The number of nitrogens with zero attached hydrogens (tertiary/aromatic N) is 2. The number of piperidine rings is 1. The molecule has 0 aliphatic carbocycles. The zero-order valence-corrected chi connectivity index (χ0v) is 17.0. The third-order valence-electron chi connectivity index (χ3n) is 4.99. The number of carbonyl (C=O) groups excluding carboxylic acids is 2. The van der Waals surface area contributed by atoms with Crippen LogP contribution in [-0.2, 0) is 4.79 Å². The molecule has 2 unspecified atom stereocenters. The summed E-state index contributed by atoms with van der Waals surface area (Å²) in [6.45, 7) is 2.13. The molecule has 2 heterocycles. The number of aromatic nitrogens is 1. The minimum absolute atomic E-state index is 0.0779. The van der Waals surface area contributed by atoms with Crippen molar-refractivity contribution in [2.24, 2.45) is 0 Å². The number of terminal acetylenes is 1. The quantitative estimate of drug-likeness (QED) is 0.658. The summed E-state index contributed by atoms with van der Waals surface area (Å²) >= 11 is 1.26. The van der Waals surface area contributed by atoms with Crippen LogP contribution in [0.1, 0.15) is 54.4 Å². The molecule has 7 nitrogen and oxygen atoms in total. The van der Waals surface area contributed by atoms with Gasteiger partial charge in [0.1, 0.15) is 5.82 Å². The highest BCUT2D eigenvalue weighted by Crippen LogP contribution is 2.31. The number of aliphatic hydroxyl groups excluding tert-OH is 1. The minimum Gasteiger partial charge on any atom is -0.394 e. The Morgan fingerprint density at radius 3 is 2.76 bits per heavy atom. The molecule has 8 heteroatoms. The van der Waals surface area contributed by atoms with Crippen LogP contribution in [0.5, 0.6) is 0 Å². The normalized spacial score (nSPS) is 17.3. The van der Waals surface area contributed by atoms with Crippen LogP contribution < -0.4 is 10.6 Å². The smallest absolute Gasteiger partial charge is 0.320 e. The lowest BCUT2D eigenvalue weighted by Gasteiger charge is -2.35. The molecule has 1 saturated heterocycles. The van der Waals surface area contributed by atoms with Gasteiger partial charge < -0.3 is 15.3 Å². The number of anilines is 1. The van der Waals surface area contributed by atoms with Crippen molar-refractivity contribution in [2.45, 2.75) is 38.3 Å². The second kappa shape index (κ2) is 9.54. The highest BCUT2D eigenvalue weighted by molar-refractivity contribution is 7.10. The van der Waals surface area contributed by atoms with Gasteiger partial charge in [0.25, 0.3) is 0 Å². The summed E-state index contributed by atoms with van der Waals surface area (Å²) in [5, 5.41) is 17.2. The van der Waals surface area contributed by atoms with Gasteiger partial charge in [-0.25, -0.2) is 9.78 Å². The first kappa shape index (κ1) is 20.8. The van der Waals surface area contributed by atoms with Crippen molar-refractivity contribution < 1.29 is 14.7 Å². The molecule has 2 atom stereocenters. The number of hydrogen-bond acceptors (Lipinski definition) is 5. The van der Waals surface area contributed by atoms with Crippen LogP contribution in [0.15, 0.2) is 29.6 Å². The van der Waals surface area contributed by atoms with Gasteiger partial charge >= 0.3 is 6.03 Å². The summed E-state index contributed by atoms with van der Waals surface area (Å²) in [4.78, 5) is 30.1. The largest absolute Gasteiger partial charge is 0.394 e. The first-order chi connectivity index (χ1) is 14.0. The number of nitrogens with one attached hydrogen (secondary N) is 2. The molecule has 0 saturated carbocycles. The Kier molecular flexibility index (Phi) is 6.86. The fraction of sp³-hybridized carbons (Fsp3) is 0.381. The van der Waals surface area contributed by atoms with Crippen LogP contribution in [-0.4, -0.2) is 40.1 Å². The number of benzene rings is 1. The van der Waals surface area contributed by atoms with Crippen LogP contribution >= 0.6 is 11.3 Å². The van der Waals surface area contributed by atoms with E-state index in [4.69, 9.17) is 6.42 Å². The molecule has 1 aliphatic rings. The lowest BCUT2D eigenvalue weighted by atomic mass is 9.93. The number of likely N-dealkylation sites (tertiary alicyclic amines) is 1. The average molecular weight is 413 g/mol. The summed E-state index contributed by atoms with van der Waals surface area (Å²) < 4.78 is 0. The fourth-order valence-corrected chi connectivity index (χ4v) is 4.10. The molecule has 1 aliphatic heterocycles. The van der Waals surface area contributed by atoms with Gasteiger partial charge in [0, 0.05) is 18.8 Å². The van der Waals surface area contributed by atoms with Gasteiger partial charge in [-0.1, -0.05) is 24.3 Å². The Balaban J connectivity index is 1.66. The predicted octanol–water partition coefficient (Wildman–Crippen LogP) is 3.05. The zero-order valence-electron chi connectivity index (χ0n) is 16.2. The third kappa shape index (κ3) is 5.13. The van der Waals surface area contributed by atoms with Crippen LogP contribution in [0.3, 0.4) is 0 Å². The Labute approximate surface area is 174 Å². The summed E-state index contributed by atoms with van der Waals surface area (Å²) in [5.41, 5.74) is 1.84. The Hall–Kier alpha value is -2.89. The van der Waals surface area contributed by atoms with Crippen molar-refractivity contribution >= 4 is 29.1 Å². The summed E-state index contributed by atoms with van der Waals surface area (Å²) in [7, 11) is 0. The van der Waals surface area contributed by atoms with Gasteiger partial charge in [0.2, 0.25) is 5.91 Å². The van der Waals surface area contributed by atoms with Crippen LogP contribution in [0.2, 0.25) is 0 Å². The molecule has 0 bridgehead atoms. The van der Waals surface area contributed by atoms with E-state index in [9.17, 15) is 14.7 Å². The Morgan fingerprint density at radius 2 is 2.14 bits per heavy atom. The first-order valence-electron chi connectivity index (χ1n) is 9.49. The molecule has 1 aromatic carbocycles. The number of urea groups is 1. The van der Waals surface area contributed by atoms with Gasteiger partial charge in [-0.2, -0.15) is 0 Å². The predicted molar refractivity (Wildman–Crippen MR) is 112 cm³/mol. The van der Waals surface area contributed by atoms with E-state index in [1.54, 1.807) is 12.3 Å². The third-order valence-corrected chi connectivity index (χ3v) is 5.76. The summed E-state index contributed by atoms with van der Waals surface area (Å²) in [6.07, 6.45) is 8.34. The van der Waals surface area contributed by atoms with Crippen LogP contribution in [0, 0.1) is 12.3 Å². The minimum atomic E-state index is -0.565. The first-order valence-corrected chi connectivity index (χ1v) is 10.4. The SMILES string of the molecule is C#Cc1nc(NC(=O)NC(CO)c2ccc(C3CCCCN3C(C)=O)cc2)cs1. The second-order valence-corrected chi connectivity index (χ2v) is 7.76. The number of carbonyl (C=O) groups is 2. The molecule has 3 rings (SSSR count). The molecular formula is C21H24N4O3S. The number of hydrogen-bond donors (Lipinski definition) is 3. The van der Waals surface area contributed by atoms with Gasteiger partial charge in [0.05, 0.1) is 18.7 Å². The van der Waals surface area contributed by atoms with E-state index < -0.39 is 12.1 Å². The van der Waals surface area contributed by atoms with Crippen LogP contribution in [0.25, 0.3) is 0 Å². The standard InChI is InChI=1S/C21H24N4O3S/c1-3-20-23-19(13-29-20)24-21(28)22-17(12-26)15-7-9-16(10-8-15)18-6-4-5-11-25(18)14(2)27/h1,7-10,13,17-18,26H,4-6,11-12H2,2H3,(H2,22,24,28). The van der Waals surface area contributed by atoms with Gasteiger partial charge in [-0.15, -0.1) is 17.8 Å². The van der Waals surface area contributed by atoms with Gasteiger partial charge in [0.15, 0.2) is 5.01 Å². The maximum absolute atomic E-state index is 12.2. The van der Waals surface area contributed by atoms with Crippen molar-refractivity contribution in [1.29, 1.82) is 0 Å². The number of rotatable bonds is 5. The van der Waals surface area contributed by atoms with Crippen molar-refractivity contribution in [3.63, 3.8) is 0 Å². The lowest BCUT2D eigenvalue weighted by molar-refractivity contribution is -0.132. The van der Waals surface area contributed by atoms with Gasteiger partial charge in [-0.3, -0.25) is 10.1 Å². The monoisotopic (exact) mass is 412 g/mol. The molecule has 3 amide bonds. The van der Waals surface area contributed by atoms with E-state index in [0.717, 1.165) is 36.9 Å². The van der Waals surface area contributed by atoms with E-state index in [1.807, 2.05) is 29.2 Å². The molecule has 0 spiro atoms. The fourth-order valence-electron chi connectivity index (χ4n) is 3.55. The van der Waals surface area contributed by atoms with E-state index in [-0.39, 0.29) is 18.6 Å². The molecule has 29 heavy (non-hydrogen) atoms. The van der Waals surface area contributed by atoms with Gasteiger partial charge in [-0.05, 0) is 36.3 Å². The van der Waals surface area contributed by atoms with E-state index >= 15 is 0 Å². The second-order valence-electron chi connectivity index (χ2n) is 6.91. The number of thiazole rings is 1. The molecule has 0 radical (unpaired) electrons. The molecular weight excluding hydrogens is 388 g/mol. The lowest BCUT2D eigenvalue weighted by Crippen LogP contribution is -2.37. The average Bonchev–Trinajstić information content (AvgIpc) is 3.19. The van der Waals surface area contributed by atoms with Crippen molar-refractivity contribution in [2.75, 3.05) is 18.5 Å². The summed E-state index contributed by atoms with van der Waals surface area (Å²) in [6, 6.07) is 6.72. The molecule has 1 aromatic heterocycles. The Bertz CT molecular complexity index is 903. The van der Waals surface area contributed by atoms with Crippen molar-refractivity contribution in [3.05, 3.63) is 45.8 Å². The van der Waals surface area contributed by atoms with E-state index in [2.05, 4.69) is 21.5 Å². The summed E-state index contributed by atoms with van der Waals surface area (Å²) in [5.74, 6) is 2.87. The van der Waals surface area contributed by atoms with Crippen LogP contribution in [0.4, 0.5) is 10.6 Å².